The molecule has 1 aromatic heterocycles. The maximum atomic E-state index is 11.7. The van der Waals surface area contributed by atoms with Gasteiger partial charge in [0.2, 0.25) is 0 Å². The third-order valence-corrected chi connectivity index (χ3v) is 3.40. The van der Waals surface area contributed by atoms with Crippen LogP contribution in [0.25, 0.3) is 22.2 Å². The normalized spacial score (nSPS) is 10.7. The Balaban J connectivity index is 2.19. The van der Waals surface area contributed by atoms with Gasteiger partial charge in [0.15, 0.2) is 0 Å². The molecule has 0 aliphatic carbocycles. The quantitative estimate of drug-likeness (QED) is 0.436. The van der Waals surface area contributed by atoms with Crippen molar-refractivity contribution in [3.63, 3.8) is 0 Å². The first kappa shape index (κ1) is 14.5. The molecule has 8 nitrogen and oxygen atoms in total. The van der Waals surface area contributed by atoms with Crippen molar-refractivity contribution in [1.29, 1.82) is 0 Å². The number of nitro benzene ring substituents is 1. The lowest BCUT2D eigenvalue weighted by Crippen LogP contribution is -2.02. The Morgan fingerprint density at radius 1 is 1.09 bits per heavy atom. The van der Waals surface area contributed by atoms with Gasteiger partial charge in [-0.15, -0.1) is 0 Å². The highest BCUT2D eigenvalue weighted by Crippen LogP contribution is 2.28. The van der Waals surface area contributed by atoms with E-state index in [2.05, 4.69) is 14.7 Å². The molecule has 3 aromatic rings. The van der Waals surface area contributed by atoms with Crippen LogP contribution < -0.4 is 5.69 Å². The summed E-state index contributed by atoms with van der Waals surface area (Å²) >= 11 is 0. The Bertz CT molecular complexity index is 986. The number of aromatic amines is 2. The minimum Gasteiger partial charge on any atom is -0.465 e. The number of hydrogen-bond acceptors (Lipinski definition) is 5. The Morgan fingerprint density at radius 2 is 1.83 bits per heavy atom. The number of hydrogen-bond donors (Lipinski definition) is 2. The molecule has 0 unspecified atom stereocenters. The third-order valence-electron chi connectivity index (χ3n) is 3.40. The van der Waals surface area contributed by atoms with E-state index in [0.29, 0.717) is 22.2 Å². The lowest BCUT2D eigenvalue weighted by atomic mass is 10.0. The number of nitrogens with zero attached hydrogens (tertiary/aromatic N) is 1. The first-order chi connectivity index (χ1) is 11.0. The summed E-state index contributed by atoms with van der Waals surface area (Å²) in [6.07, 6.45) is 0. The largest absolute Gasteiger partial charge is 0.465 e. The van der Waals surface area contributed by atoms with Gasteiger partial charge in [-0.25, -0.2) is 9.59 Å². The molecule has 3 rings (SSSR count). The SMILES string of the molecule is COC(=O)c1cc(-c2ccc3[nH]c(=O)[nH]c3c2)cc([N+](=O)[O-])c1. The number of benzene rings is 2. The minimum absolute atomic E-state index is 0.0827. The van der Waals surface area contributed by atoms with Crippen LogP contribution in [0.3, 0.4) is 0 Å². The number of nitrogens with one attached hydrogen (secondary N) is 2. The lowest BCUT2D eigenvalue weighted by Gasteiger charge is -2.05. The van der Waals surface area contributed by atoms with E-state index in [9.17, 15) is 19.7 Å². The molecule has 0 saturated carbocycles. The molecular formula is C15H11N3O5. The van der Waals surface area contributed by atoms with Crippen LogP contribution in [0, 0.1) is 10.1 Å². The predicted molar refractivity (Wildman–Crippen MR) is 82.3 cm³/mol. The van der Waals surface area contributed by atoms with E-state index in [4.69, 9.17) is 0 Å². The van der Waals surface area contributed by atoms with E-state index in [1.807, 2.05) is 0 Å². The molecule has 2 N–H and O–H groups in total. The Morgan fingerprint density at radius 3 is 2.52 bits per heavy atom. The summed E-state index contributed by atoms with van der Waals surface area (Å²) in [5, 5.41) is 11.1. The van der Waals surface area contributed by atoms with E-state index in [1.165, 1.54) is 19.2 Å². The summed E-state index contributed by atoms with van der Waals surface area (Å²) in [4.78, 5) is 38.7. The van der Waals surface area contributed by atoms with Crippen molar-refractivity contribution in [3.8, 4) is 11.1 Å². The Labute approximate surface area is 128 Å². The van der Waals surface area contributed by atoms with Crippen LogP contribution in [0.15, 0.2) is 41.2 Å². The van der Waals surface area contributed by atoms with Crippen LogP contribution in [0.5, 0.6) is 0 Å². The van der Waals surface area contributed by atoms with Crippen molar-refractivity contribution in [2.75, 3.05) is 7.11 Å². The number of esters is 1. The van der Waals surface area contributed by atoms with Gasteiger partial charge in [-0.3, -0.25) is 10.1 Å². The van der Waals surface area contributed by atoms with Crippen LogP contribution in [0.2, 0.25) is 0 Å². The van der Waals surface area contributed by atoms with E-state index >= 15 is 0 Å². The zero-order valence-electron chi connectivity index (χ0n) is 12.0. The van der Waals surface area contributed by atoms with Gasteiger partial charge in [0.25, 0.3) is 5.69 Å². The summed E-state index contributed by atoms with van der Waals surface area (Å²) in [7, 11) is 1.21. The molecule has 8 heteroatoms. The van der Waals surface area contributed by atoms with Crippen molar-refractivity contribution in [1.82, 2.24) is 9.97 Å². The van der Waals surface area contributed by atoms with Crippen molar-refractivity contribution in [2.24, 2.45) is 0 Å². The summed E-state index contributed by atoms with van der Waals surface area (Å²) in [5.74, 6) is -0.661. The van der Waals surface area contributed by atoms with Gasteiger partial charge in [-0.05, 0) is 29.3 Å². The van der Waals surface area contributed by atoms with Gasteiger partial charge in [0.1, 0.15) is 0 Å². The molecule has 0 fully saturated rings. The van der Waals surface area contributed by atoms with Crippen LogP contribution in [0.4, 0.5) is 5.69 Å². The molecule has 0 bridgehead atoms. The first-order valence-corrected chi connectivity index (χ1v) is 6.58. The number of nitro groups is 1. The summed E-state index contributed by atoms with van der Waals surface area (Å²) in [6.45, 7) is 0. The first-order valence-electron chi connectivity index (χ1n) is 6.58. The predicted octanol–water partition coefficient (Wildman–Crippen LogP) is 2.22. The standard InChI is InChI=1S/C15H11N3O5/c1-23-14(19)10-4-9(5-11(6-10)18(21)22)8-2-3-12-13(7-8)17-15(20)16-12/h2-7H,1H3,(H2,16,17,20). The smallest absolute Gasteiger partial charge is 0.338 e. The highest BCUT2D eigenvalue weighted by molar-refractivity contribution is 5.92. The van der Waals surface area contributed by atoms with Crippen molar-refractivity contribution in [2.45, 2.75) is 0 Å². The fourth-order valence-corrected chi connectivity index (χ4v) is 2.33. The second-order valence-electron chi connectivity index (χ2n) is 4.86. The fourth-order valence-electron chi connectivity index (χ4n) is 2.33. The molecular weight excluding hydrogens is 302 g/mol. The molecule has 0 aliphatic rings. The number of non-ortho nitro benzene ring substituents is 1. The lowest BCUT2D eigenvalue weighted by molar-refractivity contribution is -0.384. The molecule has 1 heterocycles. The third kappa shape index (κ3) is 2.69. The number of imidazole rings is 1. The van der Waals surface area contributed by atoms with E-state index in [-0.39, 0.29) is 16.9 Å². The molecule has 0 spiro atoms. The van der Waals surface area contributed by atoms with E-state index < -0.39 is 10.9 Å². The minimum atomic E-state index is -0.661. The van der Waals surface area contributed by atoms with Gasteiger partial charge in [0, 0.05) is 12.1 Å². The summed E-state index contributed by atoms with van der Waals surface area (Å²) in [6, 6.07) is 9.08. The molecule has 0 saturated heterocycles. The zero-order valence-corrected chi connectivity index (χ0v) is 12.0. The molecule has 116 valence electrons. The highest BCUT2D eigenvalue weighted by atomic mass is 16.6. The van der Waals surface area contributed by atoms with Crippen molar-refractivity contribution in [3.05, 3.63) is 62.6 Å². The molecule has 0 radical (unpaired) electrons. The Hall–Kier alpha value is -3.42. The van der Waals surface area contributed by atoms with E-state index in [0.717, 1.165) is 6.07 Å². The van der Waals surface area contributed by atoms with Gasteiger partial charge >= 0.3 is 11.7 Å². The van der Waals surface area contributed by atoms with Crippen LogP contribution >= 0.6 is 0 Å². The molecule has 0 aliphatic heterocycles. The molecule has 2 aromatic carbocycles. The maximum Gasteiger partial charge on any atom is 0.338 e. The number of carbonyl (C=O) groups excluding carboxylic acids is 1. The van der Waals surface area contributed by atoms with Crippen LogP contribution in [-0.2, 0) is 4.74 Å². The van der Waals surface area contributed by atoms with Crippen molar-refractivity contribution < 1.29 is 14.5 Å². The van der Waals surface area contributed by atoms with Gasteiger partial charge < -0.3 is 14.7 Å². The molecule has 23 heavy (non-hydrogen) atoms. The number of rotatable bonds is 3. The number of ether oxygens (including phenoxy) is 1. The van der Waals surface area contributed by atoms with E-state index in [1.54, 1.807) is 18.2 Å². The highest BCUT2D eigenvalue weighted by Gasteiger charge is 2.16. The van der Waals surface area contributed by atoms with Gasteiger partial charge in [-0.1, -0.05) is 6.07 Å². The average molecular weight is 313 g/mol. The molecule has 0 amide bonds. The van der Waals surface area contributed by atoms with Gasteiger partial charge in [0.05, 0.1) is 28.6 Å². The number of H-pyrrole nitrogens is 2. The monoisotopic (exact) mass is 313 g/mol. The fraction of sp³-hybridized carbons (Fsp3) is 0.0667. The van der Waals surface area contributed by atoms with Gasteiger partial charge in [-0.2, -0.15) is 0 Å². The number of aromatic nitrogens is 2. The summed E-state index contributed by atoms with van der Waals surface area (Å²) in [5.41, 5.74) is 1.82. The van der Waals surface area contributed by atoms with Crippen LogP contribution in [-0.4, -0.2) is 28.0 Å². The zero-order chi connectivity index (χ0) is 16.6. The van der Waals surface area contributed by atoms with Crippen LogP contribution in [0.1, 0.15) is 10.4 Å². The maximum absolute atomic E-state index is 11.7. The second-order valence-corrected chi connectivity index (χ2v) is 4.86. The number of carbonyl (C=O) groups is 1. The average Bonchev–Trinajstić information content (AvgIpc) is 2.92. The number of methoxy groups -OCH3 is 1. The summed E-state index contributed by atoms with van der Waals surface area (Å²) < 4.78 is 4.62. The Kier molecular flexibility index (Phi) is 3.41. The second kappa shape index (κ2) is 5.41. The van der Waals surface area contributed by atoms with Crippen molar-refractivity contribution >= 4 is 22.7 Å². The molecule has 0 atom stereocenters. The number of fused-ring (bicyclic) bond motifs is 1. The topological polar surface area (TPSA) is 118 Å².